The summed E-state index contributed by atoms with van der Waals surface area (Å²) >= 11 is 0. The van der Waals surface area contributed by atoms with Crippen molar-refractivity contribution in [1.29, 1.82) is 0 Å². The first-order chi connectivity index (χ1) is 8.48. The molecule has 4 heteroatoms. The summed E-state index contributed by atoms with van der Waals surface area (Å²) in [6.45, 7) is 2.52. The van der Waals surface area contributed by atoms with Gasteiger partial charge in [0.2, 0.25) is 5.91 Å². The van der Waals surface area contributed by atoms with Crippen molar-refractivity contribution in [3.63, 3.8) is 0 Å². The first-order valence-corrected chi connectivity index (χ1v) is 6.29. The number of carbonyl (C=O) groups is 1. The predicted molar refractivity (Wildman–Crippen MR) is 69.9 cm³/mol. The van der Waals surface area contributed by atoms with Crippen molar-refractivity contribution >= 4 is 5.91 Å². The number of aliphatic hydroxyl groups is 1. The molecule has 1 atom stereocenters. The van der Waals surface area contributed by atoms with E-state index in [2.05, 4.69) is 0 Å². The van der Waals surface area contributed by atoms with E-state index in [-0.39, 0.29) is 5.91 Å². The summed E-state index contributed by atoms with van der Waals surface area (Å²) in [5.74, 6) is -0.0579. The van der Waals surface area contributed by atoms with Gasteiger partial charge in [0, 0.05) is 0 Å². The maximum absolute atomic E-state index is 11.9. The molecule has 1 aromatic rings. The molecule has 0 aliphatic carbocycles. The SMILES string of the molecule is CC1(O)CN(C(=O)C(N)CCc2ccccc2)C1. The van der Waals surface area contributed by atoms with Crippen LogP contribution in [-0.2, 0) is 11.2 Å². The van der Waals surface area contributed by atoms with Crippen molar-refractivity contribution in [2.75, 3.05) is 13.1 Å². The van der Waals surface area contributed by atoms with Gasteiger partial charge in [-0.3, -0.25) is 4.79 Å². The van der Waals surface area contributed by atoms with Crippen LogP contribution in [0.15, 0.2) is 30.3 Å². The Morgan fingerprint density at radius 3 is 2.61 bits per heavy atom. The lowest BCUT2D eigenvalue weighted by Gasteiger charge is -2.45. The zero-order valence-electron chi connectivity index (χ0n) is 10.7. The van der Waals surface area contributed by atoms with Crippen LogP contribution in [0.1, 0.15) is 18.9 Å². The van der Waals surface area contributed by atoms with Crippen LogP contribution in [0, 0.1) is 0 Å². The summed E-state index contributed by atoms with van der Waals surface area (Å²) in [4.78, 5) is 13.5. The Morgan fingerprint density at radius 2 is 2.06 bits per heavy atom. The van der Waals surface area contributed by atoms with Crippen molar-refractivity contribution < 1.29 is 9.90 Å². The number of nitrogens with two attached hydrogens (primary N) is 1. The van der Waals surface area contributed by atoms with E-state index in [4.69, 9.17) is 5.73 Å². The Morgan fingerprint density at radius 1 is 1.44 bits per heavy atom. The molecule has 0 aromatic heterocycles. The van der Waals surface area contributed by atoms with Gasteiger partial charge in [-0.15, -0.1) is 0 Å². The van der Waals surface area contributed by atoms with Crippen LogP contribution in [0.5, 0.6) is 0 Å². The molecule has 0 radical (unpaired) electrons. The average Bonchev–Trinajstić information content (AvgIpc) is 2.33. The number of rotatable bonds is 4. The Kier molecular flexibility index (Phi) is 3.68. The van der Waals surface area contributed by atoms with Gasteiger partial charge in [-0.05, 0) is 25.3 Å². The van der Waals surface area contributed by atoms with Crippen LogP contribution in [0.3, 0.4) is 0 Å². The minimum absolute atomic E-state index is 0.0579. The van der Waals surface area contributed by atoms with Gasteiger partial charge in [-0.2, -0.15) is 0 Å². The molecule has 1 heterocycles. The molecule has 0 bridgehead atoms. The molecular formula is C14H20N2O2. The van der Waals surface area contributed by atoms with Crippen LogP contribution >= 0.6 is 0 Å². The Labute approximate surface area is 107 Å². The lowest BCUT2D eigenvalue weighted by molar-refractivity contribution is -0.153. The molecule has 2 rings (SSSR count). The number of hydrogen-bond acceptors (Lipinski definition) is 3. The maximum atomic E-state index is 11.9. The smallest absolute Gasteiger partial charge is 0.239 e. The molecule has 0 saturated carbocycles. The van der Waals surface area contributed by atoms with Crippen molar-refractivity contribution in [2.45, 2.75) is 31.4 Å². The van der Waals surface area contributed by atoms with Gasteiger partial charge in [-0.25, -0.2) is 0 Å². The maximum Gasteiger partial charge on any atom is 0.239 e. The highest BCUT2D eigenvalue weighted by Crippen LogP contribution is 2.20. The Balaban J connectivity index is 1.78. The van der Waals surface area contributed by atoms with E-state index in [1.54, 1.807) is 11.8 Å². The molecular weight excluding hydrogens is 228 g/mol. The summed E-state index contributed by atoms with van der Waals surface area (Å²) in [5, 5.41) is 9.59. The standard InChI is InChI=1S/C14H20N2O2/c1-14(18)9-16(10-14)13(17)12(15)8-7-11-5-3-2-4-6-11/h2-6,12,18H,7-10,15H2,1H3. The summed E-state index contributed by atoms with van der Waals surface area (Å²) < 4.78 is 0. The minimum atomic E-state index is -0.727. The zero-order chi connectivity index (χ0) is 13.2. The van der Waals surface area contributed by atoms with Crippen LogP contribution < -0.4 is 5.73 Å². The summed E-state index contributed by atoms with van der Waals surface area (Å²) in [7, 11) is 0. The number of likely N-dealkylation sites (tertiary alicyclic amines) is 1. The van der Waals surface area contributed by atoms with Gasteiger partial charge in [0.1, 0.15) is 0 Å². The lowest BCUT2D eigenvalue weighted by Crippen LogP contribution is -2.64. The molecule has 1 aliphatic heterocycles. The van der Waals surface area contributed by atoms with Gasteiger partial charge >= 0.3 is 0 Å². The number of amides is 1. The highest BCUT2D eigenvalue weighted by molar-refractivity contribution is 5.82. The number of carbonyl (C=O) groups excluding carboxylic acids is 1. The van der Waals surface area contributed by atoms with Crippen molar-refractivity contribution in [1.82, 2.24) is 4.90 Å². The number of hydrogen-bond donors (Lipinski definition) is 2. The molecule has 0 spiro atoms. The molecule has 1 amide bonds. The predicted octanol–water partition coefficient (Wildman–Crippen LogP) is 0.540. The van der Waals surface area contributed by atoms with Crippen molar-refractivity contribution in [2.24, 2.45) is 5.73 Å². The zero-order valence-corrected chi connectivity index (χ0v) is 10.7. The van der Waals surface area contributed by atoms with Crippen LogP contribution in [0.25, 0.3) is 0 Å². The number of nitrogens with zero attached hydrogens (tertiary/aromatic N) is 1. The molecule has 98 valence electrons. The fourth-order valence-electron chi connectivity index (χ4n) is 2.26. The second-order valence-electron chi connectivity index (χ2n) is 5.32. The lowest BCUT2D eigenvalue weighted by atomic mass is 9.95. The average molecular weight is 248 g/mol. The molecule has 1 aliphatic rings. The Hall–Kier alpha value is -1.39. The van der Waals surface area contributed by atoms with E-state index in [0.29, 0.717) is 19.5 Å². The monoisotopic (exact) mass is 248 g/mol. The highest BCUT2D eigenvalue weighted by atomic mass is 16.3. The van der Waals surface area contributed by atoms with E-state index in [1.165, 1.54) is 5.56 Å². The molecule has 1 saturated heterocycles. The topological polar surface area (TPSA) is 66.6 Å². The second kappa shape index (κ2) is 5.08. The fourth-order valence-corrected chi connectivity index (χ4v) is 2.26. The summed E-state index contributed by atoms with van der Waals surface area (Å²) in [6.07, 6.45) is 1.44. The second-order valence-corrected chi connectivity index (χ2v) is 5.32. The third kappa shape index (κ3) is 3.09. The van der Waals surface area contributed by atoms with Gasteiger partial charge in [-0.1, -0.05) is 30.3 Å². The van der Waals surface area contributed by atoms with E-state index >= 15 is 0 Å². The third-order valence-corrected chi connectivity index (χ3v) is 3.28. The first kappa shape index (κ1) is 13.1. The van der Waals surface area contributed by atoms with E-state index in [9.17, 15) is 9.90 Å². The highest BCUT2D eigenvalue weighted by Gasteiger charge is 2.40. The van der Waals surface area contributed by atoms with Crippen LogP contribution in [0.2, 0.25) is 0 Å². The van der Waals surface area contributed by atoms with Crippen molar-refractivity contribution in [3.8, 4) is 0 Å². The molecule has 18 heavy (non-hydrogen) atoms. The molecule has 1 unspecified atom stereocenters. The number of aryl methyl sites for hydroxylation is 1. The van der Waals surface area contributed by atoms with Gasteiger partial charge in [0.05, 0.1) is 24.7 Å². The largest absolute Gasteiger partial charge is 0.386 e. The summed E-state index contributed by atoms with van der Waals surface area (Å²) in [6, 6.07) is 9.53. The molecule has 3 N–H and O–H groups in total. The van der Waals surface area contributed by atoms with Gasteiger partial charge < -0.3 is 15.7 Å². The Bertz CT molecular complexity index is 409. The van der Waals surface area contributed by atoms with Crippen LogP contribution in [-0.4, -0.2) is 40.6 Å². The number of β-amino-alcohol motifs (C(OH)–C–C–N with tert-alkyl or cyclic N) is 1. The third-order valence-electron chi connectivity index (χ3n) is 3.28. The summed E-state index contributed by atoms with van der Waals surface area (Å²) in [5.41, 5.74) is 6.35. The minimum Gasteiger partial charge on any atom is -0.386 e. The van der Waals surface area contributed by atoms with Crippen LogP contribution in [0.4, 0.5) is 0 Å². The molecule has 1 fully saturated rings. The fraction of sp³-hybridized carbons (Fsp3) is 0.500. The quantitative estimate of drug-likeness (QED) is 0.817. The number of benzene rings is 1. The first-order valence-electron chi connectivity index (χ1n) is 6.29. The van der Waals surface area contributed by atoms with Gasteiger partial charge in [0.15, 0.2) is 0 Å². The molecule has 4 nitrogen and oxygen atoms in total. The van der Waals surface area contributed by atoms with E-state index in [0.717, 1.165) is 6.42 Å². The normalized spacial score (nSPS) is 19.2. The molecule has 1 aromatic carbocycles. The van der Waals surface area contributed by atoms with E-state index in [1.807, 2.05) is 30.3 Å². The van der Waals surface area contributed by atoms with E-state index < -0.39 is 11.6 Å². The van der Waals surface area contributed by atoms with Crippen molar-refractivity contribution in [3.05, 3.63) is 35.9 Å². The van der Waals surface area contributed by atoms with Gasteiger partial charge in [0.25, 0.3) is 0 Å².